The van der Waals surface area contributed by atoms with Crippen LogP contribution < -0.4 is 0 Å². The Bertz CT molecular complexity index is 1180. The van der Waals surface area contributed by atoms with Gasteiger partial charge >= 0.3 is 5.97 Å². The molecule has 1 aromatic rings. The number of rotatable bonds is 3. The molecule has 0 aromatic carbocycles. The van der Waals surface area contributed by atoms with Crippen LogP contribution in [0.15, 0.2) is 46.3 Å². The predicted octanol–water partition coefficient (Wildman–Crippen LogP) is 5.11. The van der Waals surface area contributed by atoms with Crippen LogP contribution in [0.1, 0.15) is 57.0 Å². The Kier molecular flexibility index (Phi) is 5.23. The maximum absolute atomic E-state index is 17.2. The van der Waals surface area contributed by atoms with E-state index in [0.29, 0.717) is 6.42 Å². The molecule has 0 saturated heterocycles. The standard InChI is InChI=1S/C26H28F2O6S/c1-13-9-15-16-12-18(27)17-10-14(29)11-20(30)24(17,3)25(16,28)7-6-23(15,2)26(13,22(32)35)34-21(31)19-5-4-8-33-19/h4-5,8,10-11,13,15-16,18,29H,6-7,9,12H2,1-3H3,(H,32,35)/t13-,15+,16+,18+,23+,24-,25-,26+/m1/s1. The number of esters is 1. The molecule has 188 valence electrons. The summed E-state index contributed by atoms with van der Waals surface area (Å²) in [4.78, 5) is 39.1. The van der Waals surface area contributed by atoms with Crippen molar-refractivity contribution < 1.29 is 37.4 Å². The van der Waals surface area contributed by atoms with Crippen molar-refractivity contribution in [1.29, 1.82) is 0 Å². The first kappa shape index (κ1) is 24.3. The van der Waals surface area contributed by atoms with E-state index in [9.17, 15) is 19.5 Å². The monoisotopic (exact) mass is 506 g/mol. The summed E-state index contributed by atoms with van der Waals surface area (Å²) >= 11 is 4.14. The molecule has 8 atom stereocenters. The van der Waals surface area contributed by atoms with Crippen molar-refractivity contribution in [3.8, 4) is 0 Å². The van der Waals surface area contributed by atoms with Gasteiger partial charge < -0.3 is 14.3 Å². The normalized spacial score (nSPS) is 44.5. The highest BCUT2D eigenvalue weighted by Crippen LogP contribution is 2.71. The minimum Gasteiger partial charge on any atom is -0.508 e. The number of ketones is 1. The molecule has 5 rings (SSSR count). The van der Waals surface area contributed by atoms with E-state index in [1.54, 1.807) is 13.8 Å². The van der Waals surface area contributed by atoms with Gasteiger partial charge in [-0.2, -0.15) is 0 Å². The summed E-state index contributed by atoms with van der Waals surface area (Å²) < 4.78 is 43.8. The number of carbonyl (C=O) groups excluding carboxylic acids is 3. The topological polar surface area (TPSA) is 93.8 Å². The number of alkyl halides is 2. The number of hydrogen-bond donors (Lipinski definition) is 2. The van der Waals surface area contributed by atoms with Crippen molar-refractivity contribution in [3.63, 3.8) is 0 Å². The lowest BCUT2D eigenvalue weighted by Crippen LogP contribution is -2.67. The lowest BCUT2D eigenvalue weighted by molar-refractivity contribution is -0.187. The third-order valence-corrected chi connectivity index (χ3v) is 9.96. The number of aliphatic hydroxyl groups is 1. The fraction of sp³-hybridized carbons (Fsp3) is 0.577. The fourth-order valence-electron chi connectivity index (χ4n) is 7.81. The highest BCUT2D eigenvalue weighted by Gasteiger charge is 2.76. The first-order chi connectivity index (χ1) is 16.3. The minimum atomic E-state index is -2.10. The summed E-state index contributed by atoms with van der Waals surface area (Å²) in [5, 5.41) is 9.27. The molecule has 1 aromatic heterocycles. The summed E-state index contributed by atoms with van der Waals surface area (Å²) in [6.45, 7) is 4.94. The molecule has 0 spiro atoms. The van der Waals surface area contributed by atoms with E-state index < -0.39 is 62.9 Å². The number of aliphatic hydroxyl groups excluding tert-OH is 1. The van der Waals surface area contributed by atoms with E-state index in [2.05, 4.69) is 12.6 Å². The van der Waals surface area contributed by atoms with Crippen LogP contribution in [-0.2, 0) is 14.3 Å². The number of thiol groups is 1. The predicted molar refractivity (Wildman–Crippen MR) is 124 cm³/mol. The van der Waals surface area contributed by atoms with E-state index in [-0.39, 0.29) is 36.4 Å². The molecular formula is C26H28F2O6S. The van der Waals surface area contributed by atoms with Crippen molar-refractivity contribution in [3.05, 3.63) is 47.6 Å². The second-order valence-corrected chi connectivity index (χ2v) is 11.3. The highest BCUT2D eigenvalue weighted by molar-refractivity contribution is 7.96. The molecular weight excluding hydrogens is 478 g/mol. The van der Waals surface area contributed by atoms with Gasteiger partial charge in [0.15, 0.2) is 11.4 Å². The van der Waals surface area contributed by atoms with Gasteiger partial charge in [0, 0.05) is 23.3 Å². The molecule has 0 unspecified atom stereocenters. The second kappa shape index (κ2) is 7.54. The van der Waals surface area contributed by atoms with Crippen LogP contribution in [0.4, 0.5) is 8.78 Å². The van der Waals surface area contributed by atoms with E-state index >= 15 is 8.78 Å². The molecule has 3 saturated carbocycles. The highest BCUT2D eigenvalue weighted by atomic mass is 32.1. The summed E-state index contributed by atoms with van der Waals surface area (Å²) in [7, 11) is 0. The third-order valence-electron chi connectivity index (χ3n) is 9.63. The molecule has 6 nitrogen and oxygen atoms in total. The molecule has 3 fully saturated rings. The Balaban J connectivity index is 1.60. The third kappa shape index (κ3) is 2.84. The van der Waals surface area contributed by atoms with E-state index in [1.807, 2.05) is 0 Å². The van der Waals surface area contributed by atoms with Crippen molar-refractivity contribution >= 4 is 29.5 Å². The van der Waals surface area contributed by atoms with Crippen LogP contribution >= 0.6 is 12.6 Å². The number of carbonyl (C=O) groups is 3. The zero-order valence-corrected chi connectivity index (χ0v) is 20.6. The number of allylic oxidation sites excluding steroid dienone is 3. The smallest absolute Gasteiger partial charge is 0.375 e. The molecule has 9 heteroatoms. The van der Waals surface area contributed by atoms with Gasteiger partial charge in [0.05, 0.1) is 11.7 Å². The summed E-state index contributed by atoms with van der Waals surface area (Å²) in [6.07, 6.45) is 1.87. The Morgan fingerprint density at radius 3 is 2.54 bits per heavy atom. The van der Waals surface area contributed by atoms with Gasteiger partial charge in [0.25, 0.3) is 0 Å². The Hall–Kier alpha value is -2.42. The molecule has 0 amide bonds. The van der Waals surface area contributed by atoms with Gasteiger partial charge in [0.2, 0.25) is 10.9 Å². The second-order valence-electron chi connectivity index (χ2n) is 10.9. The molecule has 4 aliphatic rings. The van der Waals surface area contributed by atoms with Crippen LogP contribution in [0.3, 0.4) is 0 Å². The SMILES string of the molecule is C[C@@H]1C[C@H]2[C@@H]3C[C@H](F)C4=CC(O)=CC(=O)[C@]4(C)[C@@]3(F)CC[C@]2(C)[C@@]1(OC(=O)c1ccco1)C(=O)S. The van der Waals surface area contributed by atoms with Crippen molar-refractivity contribution in [2.24, 2.45) is 28.6 Å². The Morgan fingerprint density at radius 1 is 1.20 bits per heavy atom. The lowest BCUT2D eigenvalue weighted by atomic mass is 9.44. The van der Waals surface area contributed by atoms with Gasteiger partial charge in [-0.3, -0.25) is 9.59 Å². The average Bonchev–Trinajstić information content (AvgIpc) is 3.39. The number of hydrogen-bond acceptors (Lipinski definition) is 6. The summed E-state index contributed by atoms with van der Waals surface area (Å²) in [5.74, 6) is -3.94. The minimum absolute atomic E-state index is 0.0447. The number of ether oxygens (including phenoxy) is 1. The molecule has 1 N–H and O–H groups in total. The van der Waals surface area contributed by atoms with Crippen molar-refractivity contribution in [1.82, 2.24) is 0 Å². The first-order valence-electron chi connectivity index (χ1n) is 11.8. The van der Waals surface area contributed by atoms with Crippen LogP contribution in [0.5, 0.6) is 0 Å². The van der Waals surface area contributed by atoms with Gasteiger partial charge in [0.1, 0.15) is 17.6 Å². The molecule has 0 bridgehead atoms. The maximum Gasteiger partial charge on any atom is 0.375 e. The van der Waals surface area contributed by atoms with Crippen LogP contribution in [0.2, 0.25) is 0 Å². The maximum atomic E-state index is 17.2. The van der Waals surface area contributed by atoms with E-state index in [4.69, 9.17) is 9.15 Å². The molecule has 35 heavy (non-hydrogen) atoms. The first-order valence-corrected chi connectivity index (χ1v) is 12.3. The zero-order chi connectivity index (χ0) is 25.6. The Morgan fingerprint density at radius 2 is 1.91 bits per heavy atom. The molecule has 0 radical (unpaired) electrons. The van der Waals surface area contributed by atoms with Gasteiger partial charge in [-0.05, 0) is 62.3 Å². The molecule has 4 aliphatic carbocycles. The summed E-state index contributed by atoms with van der Waals surface area (Å²) in [5.41, 5.74) is -6.63. The average molecular weight is 507 g/mol. The molecule has 1 heterocycles. The van der Waals surface area contributed by atoms with Crippen LogP contribution in [0, 0.1) is 28.6 Å². The van der Waals surface area contributed by atoms with Gasteiger partial charge in [-0.25, -0.2) is 13.6 Å². The quantitative estimate of drug-likeness (QED) is 0.437. The summed E-state index contributed by atoms with van der Waals surface area (Å²) in [6, 6.07) is 2.95. The van der Waals surface area contributed by atoms with Gasteiger partial charge in [-0.15, -0.1) is 12.6 Å². The van der Waals surface area contributed by atoms with Crippen molar-refractivity contribution in [2.75, 3.05) is 0 Å². The van der Waals surface area contributed by atoms with Crippen LogP contribution in [0.25, 0.3) is 0 Å². The number of halogens is 2. The Labute approximate surface area is 207 Å². The van der Waals surface area contributed by atoms with Crippen LogP contribution in [-0.4, -0.2) is 39.4 Å². The van der Waals surface area contributed by atoms with E-state index in [0.717, 1.165) is 6.08 Å². The lowest BCUT2D eigenvalue weighted by Gasteiger charge is -2.61. The van der Waals surface area contributed by atoms with Gasteiger partial charge in [-0.1, -0.05) is 13.8 Å². The zero-order valence-electron chi connectivity index (χ0n) is 19.7. The number of fused-ring (bicyclic) bond motifs is 5. The largest absolute Gasteiger partial charge is 0.508 e. The fourth-order valence-corrected chi connectivity index (χ4v) is 8.34. The number of furan rings is 1. The molecule has 0 aliphatic heterocycles. The van der Waals surface area contributed by atoms with Crippen molar-refractivity contribution in [2.45, 2.75) is 63.9 Å². The van der Waals surface area contributed by atoms with E-state index in [1.165, 1.54) is 31.4 Å².